The van der Waals surface area contributed by atoms with Crippen molar-refractivity contribution in [2.24, 2.45) is 17.6 Å². The predicted octanol–water partition coefficient (Wildman–Crippen LogP) is 4.48. The second-order valence-electron chi connectivity index (χ2n) is 10.7. The number of amides is 2. The summed E-state index contributed by atoms with van der Waals surface area (Å²) in [7, 11) is 1.33. The number of aliphatic hydroxyl groups is 1. The fourth-order valence-corrected chi connectivity index (χ4v) is 5.95. The Balaban J connectivity index is 1.61. The number of alkyl carbamates (subject to hydrolysis) is 1. The number of likely N-dealkylation sites (tertiary alicyclic amines) is 1. The number of nitrogens with zero attached hydrogens (tertiary/aromatic N) is 1. The Morgan fingerprint density at radius 3 is 2.55 bits per heavy atom. The lowest BCUT2D eigenvalue weighted by atomic mass is 9.73. The number of ether oxygens (including phenoxy) is 2. The lowest BCUT2D eigenvalue weighted by Gasteiger charge is -2.44. The molecule has 4 unspecified atom stereocenters. The van der Waals surface area contributed by atoms with Crippen molar-refractivity contribution in [2.75, 3.05) is 26.7 Å². The molecular formula is C30H41N3O5. The number of nitrogens with two attached hydrogens (primary N) is 1. The molecule has 206 valence electrons. The monoisotopic (exact) mass is 523 g/mol. The average molecular weight is 524 g/mol. The predicted molar refractivity (Wildman–Crippen MR) is 146 cm³/mol. The third-order valence-corrected chi connectivity index (χ3v) is 8.09. The second-order valence-corrected chi connectivity index (χ2v) is 10.7. The van der Waals surface area contributed by atoms with Crippen LogP contribution < -0.4 is 15.8 Å². The second kappa shape index (κ2) is 12.6. The fraction of sp³-hybridized carbons (Fsp3) is 0.533. The van der Waals surface area contributed by atoms with E-state index in [1.54, 1.807) is 0 Å². The van der Waals surface area contributed by atoms with Crippen LogP contribution in [-0.4, -0.2) is 54.8 Å². The van der Waals surface area contributed by atoms with E-state index in [-0.39, 0.29) is 23.8 Å². The Bertz CT molecular complexity index is 1110. The third kappa shape index (κ3) is 6.48. The molecule has 1 heterocycles. The van der Waals surface area contributed by atoms with Crippen molar-refractivity contribution in [1.82, 2.24) is 10.2 Å². The maximum Gasteiger partial charge on any atom is 0.406 e. The van der Waals surface area contributed by atoms with Crippen molar-refractivity contribution in [3.8, 4) is 11.5 Å². The zero-order valence-electron chi connectivity index (χ0n) is 22.5. The average Bonchev–Trinajstić information content (AvgIpc) is 3.38. The Morgan fingerprint density at radius 1 is 1.11 bits per heavy atom. The molecule has 2 aromatic carbocycles. The highest BCUT2D eigenvalue weighted by molar-refractivity contribution is 5.79. The van der Waals surface area contributed by atoms with Gasteiger partial charge in [0.25, 0.3) is 0 Å². The first-order chi connectivity index (χ1) is 18.3. The first-order valence-electron chi connectivity index (χ1n) is 13.7. The van der Waals surface area contributed by atoms with Crippen molar-refractivity contribution < 1.29 is 24.2 Å². The molecule has 1 aliphatic carbocycles. The van der Waals surface area contributed by atoms with E-state index in [1.807, 2.05) is 60.4 Å². The minimum absolute atomic E-state index is 0.0298. The molecule has 0 aromatic heterocycles. The summed E-state index contributed by atoms with van der Waals surface area (Å²) in [5.74, 6) is 1.26. The highest BCUT2D eigenvalue weighted by Gasteiger charge is 2.44. The smallest absolute Gasteiger partial charge is 0.406 e. The molecule has 4 N–H and O–H groups in total. The van der Waals surface area contributed by atoms with Gasteiger partial charge < -0.3 is 30.5 Å². The third-order valence-electron chi connectivity index (χ3n) is 8.09. The van der Waals surface area contributed by atoms with Crippen molar-refractivity contribution in [1.29, 1.82) is 0 Å². The van der Waals surface area contributed by atoms with Gasteiger partial charge in [0.05, 0.1) is 12.7 Å². The molecule has 2 amide bonds. The van der Waals surface area contributed by atoms with E-state index in [0.29, 0.717) is 43.8 Å². The molecule has 1 saturated carbocycles. The Kier molecular flexibility index (Phi) is 9.28. The van der Waals surface area contributed by atoms with Crippen molar-refractivity contribution in [3.63, 3.8) is 0 Å². The summed E-state index contributed by atoms with van der Waals surface area (Å²) >= 11 is 0. The highest BCUT2D eigenvalue weighted by Crippen LogP contribution is 2.44. The first-order valence-corrected chi connectivity index (χ1v) is 13.7. The van der Waals surface area contributed by atoms with E-state index in [0.717, 1.165) is 43.4 Å². The number of hydrogen-bond acceptors (Lipinski definition) is 6. The zero-order valence-corrected chi connectivity index (χ0v) is 22.5. The largest absolute Gasteiger partial charge is 0.457 e. The van der Waals surface area contributed by atoms with Gasteiger partial charge in [0.1, 0.15) is 11.5 Å². The van der Waals surface area contributed by atoms with Crippen molar-refractivity contribution >= 4 is 12.0 Å². The van der Waals surface area contributed by atoms with Gasteiger partial charge >= 0.3 is 6.09 Å². The molecule has 0 radical (unpaired) electrons. The van der Waals surface area contributed by atoms with E-state index in [1.165, 1.54) is 7.11 Å². The Morgan fingerprint density at radius 2 is 1.84 bits per heavy atom. The molecule has 4 atom stereocenters. The van der Waals surface area contributed by atoms with Gasteiger partial charge in [-0.1, -0.05) is 36.4 Å². The summed E-state index contributed by atoms with van der Waals surface area (Å²) in [6.45, 7) is 3.53. The molecule has 4 rings (SSSR count). The highest BCUT2D eigenvalue weighted by atomic mass is 16.5. The first kappa shape index (κ1) is 27.9. The number of hydrogen-bond donors (Lipinski definition) is 3. The van der Waals surface area contributed by atoms with Crippen LogP contribution in [0.25, 0.3) is 0 Å². The number of methoxy groups -OCH3 is 1. The van der Waals surface area contributed by atoms with E-state index in [9.17, 15) is 14.7 Å². The molecule has 2 aromatic rings. The molecule has 1 saturated heterocycles. The van der Waals surface area contributed by atoms with Gasteiger partial charge in [-0.15, -0.1) is 0 Å². The van der Waals surface area contributed by atoms with Crippen molar-refractivity contribution in [2.45, 2.75) is 63.5 Å². The zero-order chi connectivity index (χ0) is 27.1. The lowest BCUT2D eigenvalue weighted by Crippen LogP contribution is -2.49. The standard InChI is InChI=1S/C30H41N3O5/c1-21-9-3-5-12-26(21)38-27-13-6-4-11-25(27)30(36,16-8-17-32-29(35)37-2)23-10-7-18-33(20-23)28(34)22-14-15-24(31)19-22/h3-6,9,11-13,22-24,36H,7-8,10,14-20,31H2,1-2H3,(H,32,35). The van der Waals surface area contributed by atoms with Crippen LogP contribution in [-0.2, 0) is 15.1 Å². The van der Waals surface area contributed by atoms with Gasteiger partial charge in [0, 0.05) is 43.1 Å². The van der Waals surface area contributed by atoms with Gasteiger partial charge in [-0.3, -0.25) is 4.79 Å². The summed E-state index contributed by atoms with van der Waals surface area (Å²) < 4.78 is 11.1. The van der Waals surface area contributed by atoms with Crippen LogP contribution in [0, 0.1) is 18.8 Å². The molecule has 1 aliphatic heterocycles. The number of para-hydroxylation sites is 2. The van der Waals surface area contributed by atoms with Crippen LogP contribution >= 0.6 is 0 Å². The summed E-state index contributed by atoms with van der Waals surface area (Å²) in [5, 5.41) is 15.2. The number of piperidine rings is 1. The number of benzene rings is 2. The van der Waals surface area contributed by atoms with Crippen LogP contribution in [0.4, 0.5) is 4.79 Å². The molecule has 0 spiro atoms. The minimum Gasteiger partial charge on any atom is -0.457 e. The maximum atomic E-state index is 13.4. The van der Waals surface area contributed by atoms with Gasteiger partial charge in [-0.05, 0) is 69.6 Å². The van der Waals surface area contributed by atoms with Crippen LogP contribution in [0.5, 0.6) is 11.5 Å². The number of carbonyl (C=O) groups is 2. The molecule has 2 aliphatic rings. The van der Waals surface area contributed by atoms with E-state index in [2.05, 4.69) is 5.32 Å². The quantitative estimate of drug-likeness (QED) is 0.418. The van der Waals surface area contributed by atoms with Crippen LogP contribution in [0.2, 0.25) is 0 Å². The molecule has 8 nitrogen and oxygen atoms in total. The minimum atomic E-state index is -1.26. The number of aryl methyl sites for hydroxylation is 1. The summed E-state index contributed by atoms with van der Waals surface area (Å²) in [6.07, 6.45) is 4.48. The fourth-order valence-electron chi connectivity index (χ4n) is 5.95. The van der Waals surface area contributed by atoms with E-state index >= 15 is 0 Å². The van der Waals surface area contributed by atoms with Crippen LogP contribution in [0.3, 0.4) is 0 Å². The molecular weight excluding hydrogens is 482 g/mol. The molecule has 8 heteroatoms. The molecule has 38 heavy (non-hydrogen) atoms. The van der Waals surface area contributed by atoms with E-state index < -0.39 is 11.7 Å². The lowest BCUT2D eigenvalue weighted by molar-refractivity contribution is -0.141. The van der Waals surface area contributed by atoms with Gasteiger partial charge in [0.2, 0.25) is 5.91 Å². The van der Waals surface area contributed by atoms with Crippen LogP contribution in [0.1, 0.15) is 56.1 Å². The summed E-state index contributed by atoms with van der Waals surface area (Å²) in [5.41, 5.74) is 6.52. The summed E-state index contributed by atoms with van der Waals surface area (Å²) in [4.78, 5) is 26.9. The maximum absolute atomic E-state index is 13.4. The SMILES string of the molecule is COC(=O)NCCCC(O)(c1ccccc1Oc1ccccc1C)C1CCCN(C(=O)C2CCC(N)C2)C1. The normalized spacial score (nSPS) is 22.9. The van der Waals surface area contributed by atoms with Gasteiger partial charge in [0.15, 0.2) is 0 Å². The van der Waals surface area contributed by atoms with E-state index in [4.69, 9.17) is 15.2 Å². The number of carbonyl (C=O) groups excluding carboxylic acids is 2. The summed E-state index contributed by atoms with van der Waals surface area (Å²) in [6, 6.07) is 15.5. The Labute approximate surface area is 225 Å². The Hall–Kier alpha value is -3.10. The van der Waals surface area contributed by atoms with Gasteiger partial charge in [-0.2, -0.15) is 0 Å². The van der Waals surface area contributed by atoms with Crippen molar-refractivity contribution in [3.05, 3.63) is 59.7 Å². The molecule has 0 bridgehead atoms. The number of nitrogens with one attached hydrogen (secondary N) is 1. The molecule has 2 fully saturated rings. The van der Waals surface area contributed by atoms with Crippen LogP contribution in [0.15, 0.2) is 48.5 Å². The number of rotatable bonds is 9. The van der Waals surface area contributed by atoms with Gasteiger partial charge in [-0.25, -0.2) is 4.79 Å². The topological polar surface area (TPSA) is 114 Å².